The van der Waals surface area contributed by atoms with Crippen LogP contribution in [0.25, 0.3) is 0 Å². The van der Waals surface area contributed by atoms with E-state index in [4.69, 9.17) is 5.73 Å². The smallest absolute Gasteiger partial charge is 0.230 e. The molecule has 3 N–H and O–H groups in total. The predicted octanol–water partition coefficient (Wildman–Crippen LogP) is 2.74. The van der Waals surface area contributed by atoms with Gasteiger partial charge in [-0.25, -0.2) is 0 Å². The lowest BCUT2D eigenvalue weighted by atomic mass is 9.78. The number of rotatable bonds is 4. The van der Waals surface area contributed by atoms with Gasteiger partial charge < -0.3 is 11.1 Å². The molecule has 0 aliphatic heterocycles. The molecule has 0 bridgehead atoms. The van der Waals surface area contributed by atoms with Crippen LogP contribution < -0.4 is 11.1 Å². The highest BCUT2D eigenvalue weighted by Crippen LogP contribution is 2.30. The quantitative estimate of drug-likeness (QED) is 0.887. The van der Waals surface area contributed by atoms with Crippen molar-refractivity contribution in [3.05, 3.63) is 35.9 Å². The van der Waals surface area contributed by atoms with Gasteiger partial charge in [0.25, 0.3) is 0 Å². The van der Waals surface area contributed by atoms with Crippen molar-refractivity contribution >= 4 is 5.91 Å². The maximum Gasteiger partial charge on any atom is 0.230 e. The Kier molecular flexibility index (Phi) is 4.48. The zero-order chi connectivity index (χ0) is 14.6. The van der Waals surface area contributed by atoms with Crippen LogP contribution in [0.5, 0.6) is 0 Å². The minimum Gasteiger partial charge on any atom is -0.349 e. The van der Waals surface area contributed by atoms with Gasteiger partial charge in [0, 0.05) is 6.54 Å². The zero-order valence-corrected chi connectivity index (χ0v) is 12.6. The van der Waals surface area contributed by atoms with Crippen LogP contribution in [0, 0.1) is 0 Å². The monoisotopic (exact) mass is 274 g/mol. The third kappa shape index (κ3) is 3.04. The lowest BCUT2D eigenvalue weighted by molar-refractivity contribution is -0.128. The van der Waals surface area contributed by atoms with Gasteiger partial charge in [0.05, 0.1) is 11.0 Å². The molecule has 0 unspecified atom stereocenters. The molecule has 0 spiro atoms. The molecule has 20 heavy (non-hydrogen) atoms. The molecule has 0 aromatic heterocycles. The minimum atomic E-state index is -0.527. The minimum absolute atomic E-state index is 0.0797. The zero-order valence-electron chi connectivity index (χ0n) is 12.6. The Labute approximate surface area is 121 Å². The standard InChI is InChI=1S/C17H26N2O/c1-16(2,14-9-5-3-6-10-14)15(20)19-17(13-18)11-7-4-8-12-17/h3,5-6,9-10H,4,7-8,11-13,18H2,1-2H3,(H,19,20). The number of amides is 1. The van der Waals surface area contributed by atoms with E-state index in [0.29, 0.717) is 6.54 Å². The first-order valence-corrected chi connectivity index (χ1v) is 7.58. The van der Waals surface area contributed by atoms with Crippen LogP contribution in [0.3, 0.4) is 0 Å². The highest BCUT2D eigenvalue weighted by molar-refractivity contribution is 5.88. The molecule has 1 saturated carbocycles. The van der Waals surface area contributed by atoms with Crippen LogP contribution in [-0.4, -0.2) is 18.0 Å². The second kappa shape index (κ2) is 5.96. The van der Waals surface area contributed by atoms with E-state index in [9.17, 15) is 4.79 Å². The summed E-state index contributed by atoms with van der Waals surface area (Å²) in [5.74, 6) is 0.0797. The Morgan fingerprint density at radius 2 is 1.80 bits per heavy atom. The Bertz CT molecular complexity index is 447. The molecule has 2 rings (SSSR count). The summed E-state index contributed by atoms with van der Waals surface area (Å²) < 4.78 is 0. The van der Waals surface area contributed by atoms with E-state index >= 15 is 0 Å². The molecule has 0 heterocycles. The summed E-state index contributed by atoms with van der Waals surface area (Å²) in [5, 5.41) is 3.26. The fourth-order valence-corrected chi connectivity index (χ4v) is 2.99. The van der Waals surface area contributed by atoms with Crippen LogP contribution in [0.4, 0.5) is 0 Å². The second-order valence-electron chi connectivity index (χ2n) is 6.49. The highest BCUT2D eigenvalue weighted by Gasteiger charge is 2.37. The molecular weight excluding hydrogens is 248 g/mol. The van der Waals surface area contributed by atoms with Gasteiger partial charge in [0.2, 0.25) is 5.91 Å². The Morgan fingerprint density at radius 1 is 1.20 bits per heavy atom. The van der Waals surface area contributed by atoms with Gasteiger partial charge >= 0.3 is 0 Å². The maximum absolute atomic E-state index is 12.7. The molecule has 0 atom stereocenters. The number of hydrogen-bond donors (Lipinski definition) is 2. The maximum atomic E-state index is 12.7. The normalized spacial score (nSPS) is 18.6. The predicted molar refractivity (Wildman–Crippen MR) is 82.5 cm³/mol. The Balaban J connectivity index is 2.14. The van der Waals surface area contributed by atoms with Crippen molar-refractivity contribution in [1.29, 1.82) is 0 Å². The van der Waals surface area contributed by atoms with E-state index in [2.05, 4.69) is 5.32 Å². The number of carbonyl (C=O) groups excluding carboxylic acids is 1. The van der Waals surface area contributed by atoms with Crippen molar-refractivity contribution in [1.82, 2.24) is 5.32 Å². The lowest BCUT2D eigenvalue weighted by Gasteiger charge is -2.39. The number of nitrogens with one attached hydrogen (secondary N) is 1. The van der Waals surface area contributed by atoms with Gasteiger partial charge in [-0.2, -0.15) is 0 Å². The molecule has 110 valence electrons. The van der Waals surface area contributed by atoms with Crippen LogP contribution in [0.2, 0.25) is 0 Å². The summed E-state index contributed by atoms with van der Waals surface area (Å²) in [6.45, 7) is 4.49. The molecule has 3 heteroatoms. The van der Waals surface area contributed by atoms with E-state index < -0.39 is 5.41 Å². The fraction of sp³-hybridized carbons (Fsp3) is 0.588. The molecule has 0 saturated heterocycles. The van der Waals surface area contributed by atoms with Gasteiger partial charge in [-0.15, -0.1) is 0 Å². The molecule has 1 aromatic carbocycles. The van der Waals surface area contributed by atoms with Crippen LogP contribution in [0.1, 0.15) is 51.5 Å². The average molecular weight is 274 g/mol. The third-order valence-electron chi connectivity index (χ3n) is 4.64. The highest BCUT2D eigenvalue weighted by atomic mass is 16.2. The lowest BCUT2D eigenvalue weighted by Crippen LogP contribution is -2.58. The first kappa shape index (κ1) is 15.0. The fourth-order valence-electron chi connectivity index (χ4n) is 2.99. The number of benzene rings is 1. The van der Waals surface area contributed by atoms with Crippen LogP contribution >= 0.6 is 0 Å². The van der Waals surface area contributed by atoms with E-state index in [0.717, 1.165) is 31.2 Å². The summed E-state index contributed by atoms with van der Waals surface area (Å²) in [6, 6.07) is 9.94. The van der Waals surface area contributed by atoms with Crippen molar-refractivity contribution < 1.29 is 4.79 Å². The molecule has 0 radical (unpaired) electrons. The Hall–Kier alpha value is -1.35. The van der Waals surface area contributed by atoms with Crippen LogP contribution in [-0.2, 0) is 10.2 Å². The van der Waals surface area contributed by atoms with E-state index in [1.807, 2.05) is 44.2 Å². The third-order valence-corrected chi connectivity index (χ3v) is 4.64. The molecule has 1 aliphatic carbocycles. The first-order chi connectivity index (χ1) is 9.50. The second-order valence-corrected chi connectivity index (χ2v) is 6.49. The van der Waals surface area contributed by atoms with Crippen LogP contribution in [0.15, 0.2) is 30.3 Å². The summed E-state index contributed by atoms with van der Waals surface area (Å²) >= 11 is 0. The topological polar surface area (TPSA) is 55.1 Å². The van der Waals surface area contributed by atoms with Gasteiger partial charge in [-0.1, -0.05) is 49.6 Å². The summed E-state index contributed by atoms with van der Waals surface area (Å²) in [5.41, 5.74) is 6.28. The van der Waals surface area contributed by atoms with E-state index in [-0.39, 0.29) is 11.4 Å². The average Bonchev–Trinajstić information content (AvgIpc) is 2.49. The van der Waals surface area contributed by atoms with E-state index in [1.165, 1.54) is 6.42 Å². The number of hydrogen-bond acceptors (Lipinski definition) is 2. The molecular formula is C17H26N2O. The summed E-state index contributed by atoms with van der Waals surface area (Å²) in [4.78, 5) is 12.7. The molecule has 1 aliphatic rings. The molecule has 3 nitrogen and oxygen atoms in total. The number of nitrogens with two attached hydrogens (primary N) is 1. The van der Waals surface area contributed by atoms with Crippen molar-refractivity contribution in [2.24, 2.45) is 5.73 Å². The summed E-state index contributed by atoms with van der Waals surface area (Å²) in [6.07, 6.45) is 5.56. The molecule has 1 amide bonds. The van der Waals surface area contributed by atoms with Gasteiger partial charge in [0.1, 0.15) is 0 Å². The van der Waals surface area contributed by atoms with Gasteiger partial charge in [-0.05, 0) is 32.3 Å². The van der Waals surface area contributed by atoms with Gasteiger partial charge in [0.15, 0.2) is 0 Å². The number of carbonyl (C=O) groups is 1. The Morgan fingerprint density at radius 3 is 2.35 bits per heavy atom. The van der Waals surface area contributed by atoms with Crippen molar-refractivity contribution in [2.75, 3.05) is 6.54 Å². The van der Waals surface area contributed by atoms with Gasteiger partial charge in [-0.3, -0.25) is 4.79 Å². The molecule has 1 fully saturated rings. The first-order valence-electron chi connectivity index (χ1n) is 7.58. The molecule has 1 aromatic rings. The van der Waals surface area contributed by atoms with Crippen molar-refractivity contribution in [3.8, 4) is 0 Å². The summed E-state index contributed by atoms with van der Waals surface area (Å²) in [7, 11) is 0. The van der Waals surface area contributed by atoms with Crippen molar-refractivity contribution in [2.45, 2.75) is 56.9 Å². The largest absolute Gasteiger partial charge is 0.349 e. The van der Waals surface area contributed by atoms with E-state index in [1.54, 1.807) is 0 Å². The SMILES string of the molecule is CC(C)(C(=O)NC1(CN)CCCCC1)c1ccccc1. The van der Waals surface area contributed by atoms with Crippen molar-refractivity contribution in [3.63, 3.8) is 0 Å².